The molecule has 1 atom stereocenters. The highest BCUT2D eigenvalue weighted by molar-refractivity contribution is 7.07. The van der Waals surface area contributed by atoms with E-state index >= 15 is 0 Å². The standard InChI is InChI=1S/C15H24N2O4S/c1-5-6-15(12(18)19,7-11-8-22-10-17-11)9-16-13(20)21-14(2,3)4/h8,10H,5-7,9H2,1-4H3,(H,16,20)(H,18,19). The highest BCUT2D eigenvalue weighted by Gasteiger charge is 2.39. The number of carbonyl (C=O) groups is 2. The average molecular weight is 328 g/mol. The molecular formula is C15H24N2O4S. The van der Waals surface area contributed by atoms with Crippen molar-refractivity contribution in [1.82, 2.24) is 10.3 Å². The molecule has 2 N–H and O–H groups in total. The van der Waals surface area contributed by atoms with E-state index < -0.39 is 23.1 Å². The van der Waals surface area contributed by atoms with Crippen LogP contribution in [0.5, 0.6) is 0 Å². The smallest absolute Gasteiger partial charge is 0.407 e. The van der Waals surface area contributed by atoms with Gasteiger partial charge in [0.05, 0.1) is 16.6 Å². The highest BCUT2D eigenvalue weighted by Crippen LogP contribution is 2.29. The van der Waals surface area contributed by atoms with Crippen molar-refractivity contribution in [2.75, 3.05) is 6.54 Å². The van der Waals surface area contributed by atoms with Gasteiger partial charge in [0.25, 0.3) is 0 Å². The molecule has 0 saturated heterocycles. The first-order valence-electron chi connectivity index (χ1n) is 7.26. The van der Waals surface area contributed by atoms with Gasteiger partial charge in [0.15, 0.2) is 0 Å². The minimum atomic E-state index is -1.07. The van der Waals surface area contributed by atoms with Crippen LogP contribution >= 0.6 is 11.3 Å². The molecule has 1 heterocycles. The predicted molar refractivity (Wildman–Crippen MR) is 85.0 cm³/mol. The molecule has 0 aliphatic rings. The number of amides is 1. The summed E-state index contributed by atoms with van der Waals surface area (Å²) in [6, 6.07) is 0. The Morgan fingerprint density at radius 2 is 2.09 bits per heavy atom. The highest BCUT2D eigenvalue weighted by atomic mass is 32.1. The monoisotopic (exact) mass is 328 g/mol. The lowest BCUT2D eigenvalue weighted by atomic mass is 9.79. The molecule has 1 rings (SSSR count). The molecule has 1 aromatic rings. The van der Waals surface area contributed by atoms with Crippen molar-refractivity contribution in [3.63, 3.8) is 0 Å². The van der Waals surface area contributed by atoms with E-state index in [0.29, 0.717) is 12.8 Å². The van der Waals surface area contributed by atoms with E-state index in [9.17, 15) is 14.7 Å². The van der Waals surface area contributed by atoms with Gasteiger partial charge < -0.3 is 15.2 Å². The van der Waals surface area contributed by atoms with Crippen molar-refractivity contribution in [1.29, 1.82) is 0 Å². The number of carboxylic acids is 1. The maximum absolute atomic E-state index is 11.8. The zero-order valence-electron chi connectivity index (χ0n) is 13.5. The molecule has 0 radical (unpaired) electrons. The molecule has 0 aliphatic carbocycles. The Hall–Kier alpha value is -1.63. The van der Waals surface area contributed by atoms with Crippen molar-refractivity contribution in [2.24, 2.45) is 5.41 Å². The molecule has 0 saturated carbocycles. The summed E-state index contributed by atoms with van der Waals surface area (Å²) in [7, 11) is 0. The summed E-state index contributed by atoms with van der Waals surface area (Å²) in [5.41, 5.74) is 0.719. The van der Waals surface area contributed by atoms with Crippen LogP contribution in [-0.4, -0.2) is 34.3 Å². The SMILES string of the molecule is CCCC(CNC(=O)OC(C)(C)C)(Cc1cscn1)C(=O)O. The summed E-state index contributed by atoms with van der Waals surface area (Å²) < 4.78 is 5.17. The van der Waals surface area contributed by atoms with E-state index in [1.54, 1.807) is 26.3 Å². The van der Waals surface area contributed by atoms with Gasteiger partial charge in [0.1, 0.15) is 5.60 Å². The summed E-state index contributed by atoms with van der Waals surface area (Å²) in [4.78, 5) is 27.8. The lowest BCUT2D eigenvalue weighted by molar-refractivity contribution is -0.149. The second-order valence-electron chi connectivity index (χ2n) is 6.35. The summed E-state index contributed by atoms with van der Waals surface area (Å²) >= 11 is 1.43. The number of thiazole rings is 1. The van der Waals surface area contributed by atoms with E-state index in [0.717, 1.165) is 5.69 Å². The number of carboxylic acid groups (broad SMARTS) is 1. The van der Waals surface area contributed by atoms with Gasteiger partial charge >= 0.3 is 12.1 Å². The van der Waals surface area contributed by atoms with Crippen LogP contribution in [0.25, 0.3) is 0 Å². The molecule has 6 nitrogen and oxygen atoms in total. The minimum Gasteiger partial charge on any atom is -0.481 e. The lowest BCUT2D eigenvalue weighted by Crippen LogP contribution is -2.46. The first kappa shape index (κ1) is 18.4. The maximum Gasteiger partial charge on any atom is 0.407 e. The zero-order chi connectivity index (χ0) is 16.8. The van der Waals surface area contributed by atoms with Gasteiger partial charge in [-0.25, -0.2) is 9.78 Å². The topological polar surface area (TPSA) is 88.5 Å². The maximum atomic E-state index is 11.8. The summed E-state index contributed by atoms with van der Waals surface area (Å²) in [6.07, 6.45) is 0.838. The number of carbonyl (C=O) groups excluding carboxylic acids is 1. The van der Waals surface area contributed by atoms with Crippen LogP contribution in [-0.2, 0) is 16.0 Å². The van der Waals surface area contributed by atoms with Gasteiger partial charge in [-0.05, 0) is 27.2 Å². The van der Waals surface area contributed by atoms with E-state index in [-0.39, 0.29) is 13.0 Å². The number of rotatable bonds is 7. The van der Waals surface area contributed by atoms with Crippen LogP contribution in [0, 0.1) is 5.41 Å². The van der Waals surface area contributed by atoms with E-state index in [1.807, 2.05) is 12.3 Å². The summed E-state index contributed by atoms with van der Waals surface area (Å²) in [5.74, 6) is -0.932. The Morgan fingerprint density at radius 1 is 1.41 bits per heavy atom. The number of ether oxygens (including phenoxy) is 1. The Bertz CT molecular complexity index is 496. The van der Waals surface area contributed by atoms with Crippen LogP contribution in [0.3, 0.4) is 0 Å². The quantitative estimate of drug-likeness (QED) is 0.803. The normalized spacial score (nSPS) is 14.2. The van der Waals surface area contributed by atoms with Crippen molar-refractivity contribution >= 4 is 23.4 Å². The van der Waals surface area contributed by atoms with E-state index in [2.05, 4.69) is 10.3 Å². The van der Waals surface area contributed by atoms with Gasteiger partial charge in [-0.15, -0.1) is 11.3 Å². The molecule has 1 aromatic heterocycles. The van der Waals surface area contributed by atoms with Crippen LogP contribution in [0.15, 0.2) is 10.9 Å². The Morgan fingerprint density at radius 3 is 2.55 bits per heavy atom. The van der Waals surface area contributed by atoms with Crippen molar-refractivity contribution in [3.8, 4) is 0 Å². The Labute approximate surface area is 134 Å². The lowest BCUT2D eigenvalue weighted by Gasteiger charge is -2.29. The van der Waals surface area contributed by atoms with Crippen molar-refractivity contribution in [3.05, 3.63) is 16.6 Å². The summed E-state index contributed by atoms with van der Waals surface area (Å²) in [5, 5.41) is 14.1. The third kappa shape index (κ3) is 5.63. The van der Waals surface area contributed by atoms with E-state index in [1.165, 1.54) is 11.3 Å². The van der Waals surface area contributed by atoms with Crippen molar-refractivity contribution < 1.29 is 19.4 Å². The fraction of sp³-hybridized carbons (Fsp3) is 0.667. The largest absolute Gasteiger partial charge is 0.481 e. The number of hydrogen-bond donors (Lipinski definition) is 2. The fourth-order valence-corrected chi connectivity index (χ4v) is 2.76. The molecule has 0 aliphatic heterocycles. The van der Waals surface area contributed by atoms with Gasteiger partial charge in [0.2, 0.25) is 0 Å². The molecule has 0 spiro atoms. The number of aliphatic carboxylic acids is 1. The fourth-order valence-electron chi connectivity index (χ4n) is 2.20. The number of alkyl carbamates (subject to hydrolysis) is 1. The molecule has 0 bridgehead atoms. The molecule has 7 heteroatoms. The number of hydrogen-bond acceptors (Lipinski definition) is 5. The second-order valence-corrected chi connectivity index (χ2v) is 7.07. The average Bonchev–Trinajstić information content (AvgIpc) is 2.86. The van der Waals surface area contributed by atoms with Crippen LogP contribution in [0.1, 0.15) is 46.2 Å². The van der Waals surface area contributed by atoms with Crippen LogP contribution in [0.2, 0.25) is 0 Å². The molecule has 22 heavy (non-hydrogen) atoms. The molecule has 1 amide bonds. The molecule has 0 fully saturated rings. The number of nitrogens with one attached hydrogen (secondary N) is 1. The molecule has 0 aromatic carbocycles. The summed E-state index contributed by atoms with van der Waals surface area (Å²) in [6.45, 7) is 7.23. The van der Waals surface area contributed by atoms with E-state index in [4.69, 9.17) is 4.74 Å². The number of nitrogens with zero attached hydrogens (tertiary/aromatic N) is 1. The Kier molecular flexibility index (Phi) is 6.34. The third-order valence-corrected chi connectivity index (χ3v) is 3.79. The minimum absolute atomic E-state index is 0.0165. The number of aromatic nitrogens is 1. The predicted octanol–water partition coefficient (Wildman–Crippen LogP) is 3.08. The first-order chi connectivity index (χ1) is 10.2. The van der Waals surface area contributed by atoms with Crippen LogP contribution < -0.4 is 5.32 Å². The second kappa shape index (κ2) is 7.58. The van der Waals surface area contributed by atoms with Crippen molar-refractivity contribution in [2.45, 2.75) is 52.6 Å². The van der Waals surface area contributed by atoms with Gasteiger partial charge in [-0.3, -0.25) is 4.79 Å². The first-order valence-corrected chi connectivity index (χ1v) is 8.20. The molecule has 1 unspecified atom stereocenters. The van der Waals surface area contributed by atoms with Gasteiger partial charge in [-0.1, -0.05) is 13.3 Å². The van der Waals surface area contributed by atoms with Gasteiger partial charge in [-0.2, -0.15) is 0 Å². The Balaban J connectivity index is 2.81. The third-order valence-electron chi connectivity index (χ3n) is 3.16. The van der Waals surface area contributed by atoms with Crippen LogP contribution in [0.4, 0.5) is 4.79 Å². The molecule has 124 valence electrons. The molecular weight excluding hydrogens is 304 g/mol. The van der Waals surface area contributed by atoms with Gasteiger partial charge in [0, 0.05) is 18.3 Å². The zero-order valence-corrected chi connectivity index (χ0v) is 14.3.